The summed E-state index contributed by atoms with van der Waals surface area (Å²) < 4.78 is 0. The van der Waals surface area contributed by atoms with Crippen molar-refractivity contribution in [1.29, 1.82) is 0 Å². The van der Waals surface area contributed by atoms with Gasteiger partial charge in [0.05, 0.1) is 0 Å². The molecule has 0 bridgehead atoms. The Bertz CT molecular complexity index is 944. The molecule has 7 heteroatoms. The fraction of sp³-hybridized carbons (Fsp3) is 0. The number of fused-ring (bicyclic) bond motifs is 1. The van der Waals surface area contributed by atoms with Crippen LogP contribution in [0.2, 0.25) is 0 Å². The molecule has 0 unspecified atom stereocenters. The van der Waals surface area contributed by atoms with E-state index in [1.807, 2.05) is 30.3 Å². The topological polar surface area (TPSA) is 127 Å². The van der Waals surface area contributed by atoms with E-state index in [2.05, 4.69) is 15.3 Å². The minimum atomic E-state index is -0.686. The summed E-state index contributed by atoms with van der Waals surface area (Å²) in [7, 11) is 0. The summed E-state index contributed by atoms with van der Waals surface area (Å²) in [5.74, 6) is -0.180. The van der Waals surface area contributed by atoms with Crippen LogP contribution in [0, 0.1) is 0 Å². The van der Waals surface area contributed by atoms with Gasteiger partial charge in [-0.2, -0.15) is 0 Å². The predicted molar refractivity (Wildman–Crippen MR) is 92.8 cm³/mol. The largest absolute Gasteiger partial charge is 0.366 e. The Morgan fingerprint density at radius 1 is 1.08 bits per heavy atom. The van der Waals surface area contributed by atoms with Crippen LogP contribution in [0.15, 0.2) is 48.7 Å². The van der Waals surface area contributed by atoms with Gasteiger partial charge >= 0.3 is 6.03 Å². The first-order valence-corrected chi connectivity index (χ1v) is 7.16. The Balaban J connectivity index is 2.05. The van der Waals surface area contributed by atoms with Crippen molar-refractivity contribution < 1.29 is 9.59 Å². The van der Waals surface area contributed by atoms with Gasteiger partial charge in [-0.3, -0.25) is 10.1 Å². The van der Waals surface area contributed by atoms with Gasteiger partial charge in [-0.05, 0) is 23.8 Å². The smallest absolute Gasteiger partial charge is 0.317 e. The minimum Gasteiger partial charge on any atom is -0.366 e. The van der Waals surface area contributed by atoms with Gasteiger partial charge in [-0.1, -0.05) is 30.3 Å². The number of amides is 3. The van der Waals surface area contributed by atoms with Gasteiger partial charge in [0.2, 0.25) is 5.91 Å². The number of urea groups is 1. The number of nitrogens with one attached hydrogen (secondary N) is 2. The van der Waals surface area contributed by atoms with Gasteiger partial charge < -0.3 is 16.5 Å². The zero-order valence-corrected chi connectivity index (χ0v) is 12.6. The Hall–Kier alpha value is -3.61. The number of hydrogen-bond acceptors (Lipinski definition) is 3. The molecule has 0 atom stereocenters. The first-order chi connectivity index (χ1) is 11.5. The molecule has 0 aliphatic heterocycles. The summed E-state index contributed by atoms with van der Waals surface area (Å²) >= 11 is 0. The molecule has 3 rings (SSSR count). The number of benzene rings is 1. The summed E-state index contributed by atoms with van der Waals surface area (Å²) in [5.41, 5.74) is 13.0. The van der Waals surface area contributed by atoms with Crippen molar-refractivity contribution in [2.75, 3.05) is 5.32 Å². The molecule has 0 saturated heterocycles. The number of anilines is 1. The second-order valence-electron chi connectivity index (χ2n) is 5.11. The third kappa shape index (κ3) is 3.09. The molecule has 0 spiro atoms. The number of aromatic amines is 1. The second kappa shape index (κ2) is 6.25. The first kappa shape index (κ1) is 15.3. The average Bonchev–Trinajstić information content (AvgIpc) is 2.94. The summed E-state index contributed by atoms with van der Waals surface area (Å²) in [6, 6.07) is 11.9. The first-order valence-electron chi connectivity index (χ1n) is 7.16. The van der Waals surface area contributed by atoms with Crippen LogP contribution < -0.4 is 16.8 Å². The maximum Gasteiger partial charge on any atom is 0.317 e. The highest BCUT2D eigenvalue weighted by Crippen LogP contribution is 2.24. The number of aromatic nitrogens is 2. The third-order valence-electron chi connectivity index (χ3n) is 3.47. The number of pyridine rings is 1. The van der Waals surface area contributed by atoms with Crippen molar-refractivity contribution in [3.05, 3.63) is 59.8 Å². The quantitative estimate of drug-likeness (QED) is 0.549. The number of rotatable bonds is 4. The molecule has 2 aromatic heterocycles. The van der Waals surface area contributed by atoms with Crippen LogP contribution in [0.3, 0.4) is 0 Å². The van der Waals surface area contributed by atoms with E-state index in [9.17, 15) is 9.59 Å². The van der Waals surface area contributed by atoms with Gasteiger partial charge in [0, 0.05) is 22.7 Å². The van der Waals surface area contributed by atoms with Crippen molar-refractivity contribution in [2.45, 2.75) is 0 Å². The molecule has 3 aromatic rings. The molecule has 0 aliphatic rings. The van der Waals surface area contributed by atoms with Crippen LogP contribution in [-0.4, -0.2) is 21.9 Å². The molecule has 1 aromatic carbocycles. The van der Waals surface area contributed by atoms with Crippen LogP contribution in [0.1, 0.15) is 11.1 Å². The monoisotopic (exact) mass is 321 g/mol. The minimum absolute atomic E-state index is 0.338. The van der Waals surface area contributed by atoms with Crippen molar-refractivity contribution in [3.8, 4) is 0 Å². The zero-order chi connectivity index (χ0) is 17.1. The second-order valence-corrected chi connectivity index (χ2v) is 5.11. The lowest BCUT2D eigenvalue weighted by atomic mass is 10.0. The number of nitrogens with zero attached hydrogens (tertiary/aromatic N) is 1. The van der Waals surface area contributed by atoms with E-state index in [-0.39, 0.29) is 0 Å². The molecule has 7 nitrogen and oxygen atoms in total. The number of carbonyl (C=O) groups excluding carboxylic acids is 2. The molecule has 0 radical (unpaired) electrons. The Labute approximate surface area is 137 Å². The van der Waals surface area contributed by atoms with Gasteiger partial charge in [0.25, 0.3) is 0 Å². The molecular formula is C17H15N5O2. The molecule has 0 fully saturated rings. The molecular weight excluding hydrogens is 306 g/mol. The molecule has 0 aliphatic carbocycles. The highest BCUT2D eigenvalue weighted by atomic mass is 16.2. The van der Waals surface area contributed by atoms with E-state index in [0.29, 0.717) is 17.0 Å². The fourth-order valence-electron chi connectivity index (χ4n) is 2.41. The van der Waals surface area contributed by atoms with E-state index in [1.165, 1.54) is 0 Å². The highest BCUT2D eigenvalue weighted by molar-refractivity contribution is 6.24. The van der Waals surface area contributed by atoms with Gasteiger partial charge in [0.15, 0.2) is 0 Å². The van der Waals surface area contributed by atoms with Crippen LogP contribution in [0.4, 0.5) is 10.6 Å². The predicted octanol–water partition coefficient (Wildman–Crippen LogP) is 2.08. The SMILES string of the molecule is NC(=O)Nc1ccc2c(/C=C(/C(N)=O)c3ccccc3)c[nH]c2n1. The summed E-state index contributed by atoms with van der Waals surface area (Å²) in [5, 5.41) is 3.20. The average molecular weight is 321 g/mol. The van der Waals surface area contributed by atoms with Crippen molar-refractivity contribution in [2.24, 2.45) is 11.5 Å². The Kier molecular flexibility index (Phi) is 3.98. The molecule has 6 N–H and O–H groups in total. The number of primary amides is 2. The normalized spacial score (nSPS) is 11.4. The third-order valence-corrected chi connectivity index (χ3v) is 3.47. The number of nitrogens with two attached hydrogens (primary N) is 2. The van der Waals surface area contributed by atoms with Crippen LogP contribution in [0.5, 0.6) is 0 Å². The lowest BCUT2D eigenvalue weighted by Gasteiger charge is -2.04. The molecule has 120 valence electrons. The van der Waals surface area contributed by atoms with Crippen LogP contribution in [-0.2, 0) is 4.79 Å². The van der Waals surface area contributed by atoms with E-state index in [4.69, 9.17) is 11.5 Å². The van der Waals surface area contributed by atoms with E-state index in [1.54, 1.807) is 24.4 Å². The highest BCUT2D eigenvalue weighted by Gasteiger charge is 2.11. The lowest BCUT2D eigenvalue weighted by Crippen LogP contribution is -2.19. The number of hydrogen-bond donors (Lipinski definition) is 4. The standard InChI is InChI=1S/C17H15N5O2/c18-15(23)13(10-4-2-1-3-5-10)8-11-9-20-16-12(11)6-7-14(21-16)22-17(19)24/h1-9H,(H2,18,23)(H4,19,20,21,22,24)/b13-8+. The maximum absolute atomic E-state index is 11.8. The zero-order valence-electron chi connectivity index (χ0n) is 12.6. The van der Waals surface area contributed by atoms with Crippen molar-refractivity contribution >= 4 is 40.4 Å². The van der Waals surface area contributed by atoms with Crippen LogP contribution >= 0.6 is 0 Å². The van der Waals surface area contributed by atoms with Gasteiger partial charge in [0.1, 0.15) is 11.5 Å². The molecule has 24 heavy (non-hydrogen) atoms. The molecule has 0 saturated carbocycles. The van der Waals surface area contributed by atoms with Crippen LogP contribution in [0.25, 0.3) is 22.7 Å². The summed E-state index contributed by atoms with van der Waals surface area (Å²) in [6.45, 7) is 0. The Morgan fingerprint density at radius 2 is 1.83 bits per heavy atom. The van der Waals surface area contributed by atoms with Crippen molar-refractivity contribution in [3.63, 3.8) is 0 Å². The van der Waals surface area contributed by atoms with E-state index >= 15 is 0 Å². The Morgan fingerprint density at radius 3 is 2.50 bits per heavy atom. The van der Waals surface area contributed by atoms with Gasteiger partial charge in [-0.25, -0.2) is 9.78 Å². The van der Waals surface area contributed by atoms with E-state index in [0.717, 1.165) is 16.5 Å². The maximum atomic E-state index is 11.8. The summed E-state index contributed by atoms with van der Waals surface area (Å²) in [6.07, 6.45) is 3.43. The summed E-state index contributed by atoms with van der Waals surface area (Å²) in [4.78, 5) is 29.9. The van der Waals surface area contributed by atoms with E-state index < -0.39 is 11.9 Å². The molecule has 2 heterocycles. The fourth-order valence-corrected chi connectivity index (χ4v) is 2.41. The van der Waals surface area contributed by atoms with Gasteiger partial charge in [-0.15, -0.1) is 0 Å². The number of H-pyrrole nitrogens is 1. The lowest BCUT2D eigenvalue weighted by molar-refractivity contribution is -0.112. The molecule has 3 amide bonds. The number of carbonyl (C=O) groups is 2. The van der Waals surface area contributed by atoms with Crippen molar-refractivity contribution in [1.82, 2.24) is 9.97 Å².